The maximum Gasteiger partial charge on any atom is 0.167 e. The van der Waals surface area contributed by atoms with Gasteiger partial charge in [-0.1, -0.05) is 54.6 Å². The quantitative estimate of drug-likeness (QED) is 0.816. The molecule has 0 fully saturated rings. The zero-order chi connectivity index (χ0) is 16.7. The summed E-state index contributed by atoms with van der Waals surface area (Å²) in [6.45, 7) is 0. The smallest absolute Gasteiger partial charge is 0.167 e. The van der Waals surface area contributed by atoms with Gasteiger partial charge in [-0.15, -0.1) is 0 Å². The Morgan fingerprint density at radius 1 is 0.958 bits per heavy atom. The normalized spacial score (nSPS) is 19.9. The van der Waals surface area contributed by atoms with Gasteiger partial charge in [-0.25, -0.2) is 0 Å². The van der Waals surface area contributed by atoms with E-state index in [0.29, 0.717) is 0 Å². The number of ketones is 1. The molecule has 0 saturated carbocycles. The van der Waals surface area contributed by atoms with Crippen molar-refractivity contribution in [1.29, 1.82) is 0 Å². The molecule has 118 valence electrons. The fourth-order valence-electron chi connectivity index (χ4n) is 3.51. The zero-order valence-corrected chi connectivity index (χ0v) is 13.9. The van der Waals surface area contributed by atoms with Gasteiger partial charge in [0.25, 0.3) is 0 Å². The molecule has 0 spiro atoms. The molecule has 2 heteroatoms. The number of allylic oxidation sites excluding steroid dienone is 5. The molecule has 2 aromatic carbocycles. The molecule has 2 aliphatic rings. The maximum atomic E-state index is 12.5. The van der Waals surface area contributed by atoms with E-state index in [1.165, 1.54) is 16.8 Å². The van der Waals surface area contributed by atoms with Gasteiger partial charge in [0.15, 0.2) is 5.78 Å². The fourth-order valence-corrected chi connectivity index (χ4v) is 3.51. The molecule has 2 aromatic rings. The average Bonchev–Trinajstić information content (AvgIpc) is 2.91. The molecule has 0 saturated heterocycles. The highest BCUT2D eigenvalue weighted by Crippen LogP contribution is 2.47. The number of hydrogen-bond donors (Lipinski definition) is 0. The van der Waals surface area contributed by atoms with E-state index in [-0.39, 0.29) is 11.7 Å². The van der Waals surface area contributed by atoms with E-state index in [1.54, 1.807) is 6.08 Å². The first-order valence-electron chi connectivity index (χ1n) is 8.16. The zero-order valence-electron chi connectivity index (χ0n) is 13.9. The lowest BCUT2D eigenvalue weighted by molar-refractivity contribution is -0.115. The lowest BCUT2D eigenvalue weighted by Crippen LogP contribution is -2.12. The summed E-state index contributed by atoms with van der Waals surface area (Å²) in [7, 11) is 4.07. The van der Waals surface area contributed by atoms with Crippen LogP contribution in [0.3, 0.4) is 0 Å². The standard InChI is InChI=1S/C22H19NO/c1-23(2)16-12-10-15(11-13-16)14-20-18-7-4-3-6-17(18)19-8-5-9-21(24)22(19)20/h3-14,22H,1-2H3. The van der Waals surface area contributed by atoms with Crippen LogP contribution in [-0.4, -0.2) is 19.9 Å². The van der Waals surface area contributed by atoms with Crippen LogP contribution in [0.15, 0.2) is 66.8 Å². The Morgan fingerprint density at radius 2 is 1.67 bits per heavy atom. The monoisotopic (exact) mass is 313 g/mol. The second-order valence-electron chi connectivity index (χ2n) is 6.45. The molecule has 0 heterocycles. The van der Waals surface area contributed by atoms with Crippen molar-refractivity contribution in [2.24, 2.45) is 5.92 Å². The van der Waals surface area contributed by atoms with Gasteiger partial charge in [0.2, 0.25) is 0 Å². The Morgan fingerprint density at radius 3 is 2.38 bits per heavy atom. The first-order chi connectivity index (χ1) is 11.6. The third kappa shape index (κ3) is 2.31. The van der Waals surface area contributed by atoms with Gasteiger partial charge >= 0.3 is 0 Å². The Hall–Kier alpha value is -2.87. The van der Waals surface area contributed by atoms with Crippen molar-refractivity contribution in [2.75, 3.05) is 19.0 Å². The van der Waals surface area contributed by atoms with Gasteiger partial charge in [0.05, 0.1) is 5.92 Å². The van der Waals surface area contributed by atoms with Crippen LogP contribution in [0.5, 0.6) is 0 Å². The molecule has 1 unspecified atom stereocenters. The second kappa shape index (κ2) is 5.64. The summed E-state index contributed by atoms with van der Waals surface area (Å²) in [4.78, 5) is 14.6. The van der Waals surface area contributed by atoms with Crippen LogP contribution >= 0.6 is 0 Å². The number of hydrogen-bond acceptors (Lipinski definition) is 2. The van der Waals surface area contributed by atoms with E-state index in [0.717, 1.165) is 16.7 Å². The van der Waals surface area contributed by atoms with Gasteiger partial charge in [-0.2, -0.15) is 0 Å². The van der Waals surface area contributed by atoms with E-state index in [2.05, 4.69) is 53.5 Å². The Bertz CT molecular complexity index is 898. The van der Waals surface area contributed by atoms with E-state index >= 15 is 0 Å². The van der Waals surface area contributed by atoms with Crippen LogP contribution in [0.4, 0.5) is 5.69 Å². The van der Waals surface area contributed by atoms with Gasteiger partial charge in [0, 0.05) is 19.8 Å². The lowest BCUT2D eigenvalue weighted by atomic mass is 9.87. The first-order valence-corrected chi connectivity index (χ1v) is 8.16. The predicted molar refractivity (Wildman–Crippen MR) is 101 cm³/mol. The lowest BCUT2D eigenvalue weighted by Gasteiger charge is -2.15. The number of fused-ring (bicyclic) bond motifs is 3. The first kappa shape index (κ1) is 14.7. The van der Waals surface area contributed by atoms with Crippen molar-refractivity contribution in [3.63, 3.8) is 0 Å². The Labute approximate surface area is 142 Å². The minimum atomic E-state index is -0.166. The fraction of sp³-hybridized carbons (Fsp3) is 0.136. The summed E-state index contributed by atoms with van der Waals surface area (Å²) in [5.74, 6) is 0.000729. The molecule has 2 nitrogen and oxygen atoms in total. The summed E-state index contributed by atoms with van der Waals surface area (Å²) >= 11 is 0. The number of anilines is 1. The van der Waals surface area contributed by atoms with Crippen LogP contribution in [-0.2, 0) is 4.79 Å². The number of carbonyl (C=O) groups is 1. The highest BCUT2D eigenvalue weighted by atomic mass is 16.1. The maximum absolute atomic E-state index is 12.5. The summed E-state index contributed by atoms with van der Waals surface area (Å²) in [5.41, 5.74) is 6.85. The summed E-state index contributed by atoms with van der Waals surface area (Å²) < 4.78 is 0. The molecule has 4 rings (SSSR count). The van der Waals surface area contributed by atoms with Gasteiger partial charge < -0.3 is 4.90 Å². The minimum Gasteiger partial charge on any atom is -0.378 e. The highest BCUT2D eigenvalue weighted by molar-refractivity contribution is 6.18. The van der Waals surface area contributed by atoms with Crippen LogP contribution in [0, 0.1) is 5.92 Å². The molecule has 24 heavy (non-hydrogen) atoms. The van der Waals surface area contributed by atoms with E-state index < -0.39 is 0 Å². The van der Waals surface area contributed by atoms with E-state index in [4.69, 9.17) is 0 Å². The van der Waals surface area contributed by atoms with Crippen molar-refractivity contribution >= 4 is 28.7 Å². The van der Waals surface area contributed by atoms with E-state index in [1.807, 2.05) is 32.3 Å². The molecule has 0 aliphatic heterocycles. The van der Waals surface area contributed by atoms with Gasteiger partial charge in [0.1, 0.15) is 0 Å². The van der Waals surface area contributed by atoms with Crippen molar-refractivity contribution in [2.45, 2.75) is 0 Å². The minimum absolute atomic E-state index is 0.166. The van der Waals surface area contributed by atoms with Crippen molar-refractivity contribution in [3.05, 3.63) is 83.4 Å². The topological polar surface area (TPSA) is 20.3 Å². The molecule has 0 radical (unpaired) electrons. The SMILES string of the molecule is CN(C)c1ccc(C=C2c3ccccc3C3=CC=CC(=O)C32)cc1. The number of carbonyl (C=O) groups excluding carboxylic acids is 1. The van der Waals surface area contributed by atoms with Crippen molar-refractivity contribution in [3.8, 4) is 0 Å². The Kier molecular flexibility index (Phi) is 3.46. The largest absolute Gasteiger partial charge is 0.378 e. The van der Waals surface area contributed by atoms with Crippen LogP contribution < -0.4 is 4.90 Å². The summed E-state index contributed by atoms with van der Waals surface area (Å²) in [5, 5.41) is 0. The molecule has 0 aromatic heterocycles. The van der Waals surface area contributed by atoms with Gasteiger partial charge in [-0.05, 0) is 46.0 Å². The van der Waals surface area contributed by atoms with Crippen molar-refractivity contribution in [1.82, 2.24) is 0 Å². The number of rotatable bonds is 2. The van der Waals surface area contributed by atoms with Crippen LogP contribution in [0.2, 0.25) is 0 Å². The third-order valence-electron chi connectivity index (χ3n) is 4.72. The molecular weight excluding hydrogens is 294 g/mol. The third-order valence-corrected chi connectivity index (χ3v) is 4.72. The second-order valence-corrected chi connectivity index (χ2v) is 6.45. The summed E-state index contributed by atoms with van der Waals surface area (Å²) in [6, 6.07) is 16.7. The molecule has 2 aliphatic carbocycles. The molecule has 0 bridgehead atoms. The molecule has 0 N–H and O–H groups in total. The predicted octanol–water partition coefficient (Wildman–Crippen LogP) is 4.45. The van der Waals surface area contributed by atoms with Crippen LogP contribution in [0.25, 0.3) is 17.2 Å². The number of nitrogens with zero attached hydrogens (tertiary/aromatic N) is 1. The van der Waals surface area contributed by atoms with E-state index in [9.17, 15) is 4.79 Å². The Balaban J connectivity index is 1.83. The van der Waals surface area contributed by atoms with Gasteiger partial charge in [-0.3, -0.25) is 4.79 Å². The summed E-state index contributed by atoms with van der Waals surface area (Å²) in [6.07, 6.45) is 7.77. The highest BCUT2D eigenvalue weighted by Gasteiger charge is 2.36. The number of benzene rings is 2. The molecule has 0 amide bonds. The van der Waals surface area contributed by atoms with Crippen molar-refractivity contribution < 1.29 is 4.79 Å². The molecular formula is C22H19NO. The molecule has 1 atom stereocenters. The average molecular weight is 313 g/mol. The van der Waals surface area contributed by atoms with Crippen LogP contribution in [0.1, 0.15) is 16.7 Å².